The van der Waals surface area contributed by atoms with Crippen molar-refractivity contribution < 1.29 is 4.79 Å². The maximum absolute atomic E-state index is 12.4. The van der Waals surface area contributed by atoms with Gasteiger partial charge in [-0.3, -0.25) is 4.79 Å². The van der Waals surface area contributed by atoms with Crippen LogP contribution in [0.1, 0.15) is 29.2 Å². The minimum atomic E-state index is -0.0397. The van der Waals surface area contributed by atoms with Gasteiger partial charge in [0.2, 0.25) is 0 Å². The molecule has 0 fully saturated rings. The Labute approximate surface area is 129 Å². The fourth-order valence-corrected chi connectivity index (χ4v) is 2.89. The van der Waals surface area contributed by atoms with Gasteiger partial charge in [0, 0.05) is 30.9 Å². The third-order valence-corrected chi connectivity index (χ3v) is 4.32. The smallest absolute Gasteiger partial charge is 0.272 e. The van der Waals surface area contributed by atoms with E-state index >= 15 is 0 Å². The second-order valence-electron chi connectivity index (χ2n) is 5.01. The SMILES string of the molecule is CCNc1ccc(C(=O)N(C)C(C)Cc2cccs2)nc1. The van der Waals surface area contributed by atoms with Crippen LogP contribution >= 0.6 is 11.3 Å². The van der Waals surface area contributed by atoms with Gasteiger partial charge in [0.1, 0.15) is 5.69 Å². The molecule has 0 bridgehead atoms. The highest BCUT2D eigenvalue weighted by Crippen LogP contribution is 2.15. The first kappa shape index (κ1) is 15.5. The molecule has 2 aromatic rings. The number of hydrogen-bond acceptors (Lipinski definition) is 4. The molecule has 2 aromatic heterocycles. The number of amides is 1. The largest absolute Gasteiger partial charge is 0.384 e. The van der Waals surface area contributed by atoms with Crippen molar-refractivity contribution in [2.24, 2.45) is 0 Å². The van der Waals surface area contributed by atoms with Crippen LogP contribution < -0.4 is 5.32 Å². The highest BCUT2D eigenvalue weighted by atomic mass is 32.1. The van der Waals surface area contributed by atoms with Gasteiger partial charge >= 0.3 is 0 Å². The van der Waals surface area contributed by atoms with Crippen molar-refractivity contribution in [2.45, 2.75) is 26.3 Å². The lowest BCUT2D eigenvalue weighted by molar-refractivity contribution is 0.0738. The Kier molecular flexibility index (Phi) is 5.33. The van der Waals surface area contributed by atoms with Crippen LogP contribution in [-0.4, -0.2) is 35.4 Å². The fraction of sp³-hybridized carbons (Fsp3) is 0.375. The van der Waals surface area contributed by atoms with Crippen molar-refractivity contribution in [3.63, 3.8) is 0 Å². The first-order chi connectivity index (χ1) is 10.1. The molecule has 1 amide bonds. The van der Waals surface area contributed by atoms with Gasteiger partial charge in [0.05, 0.1) is 11.9 Å². The molecule has 4 nitrogen and oxygen atoms in total. The van der Waals surface area contributed by atoms with Gasteiger partial charge in [-0.2, -0.15) is 0 Å². The number of rotatable bonds is 6. The molecule has 112 valence electrons. The molecule has 0 saturated carbocycles. The molecular weight excluding hydrogens is 282 g/mol. The van der Waals surface area contributed by atoms with Crippen LogP contribution in [0.15, 0.2) is 35.8 Å². The number of nitrogens with zero attached hydrogens (tertiary/aromatic N) is 2. The van der Waals surface area contributed by atoms with Crippen LogP contribution in [0.3, 0.4) is 0 Å². The molecule has 0 aliphatic heterocycles. The predicted octanol–water partition coefficient (Wildman–Crippen LogP) is 3.28. The van der Waals surface area contributed by atoms with E-state index in [-0.39, 0.29) is 11.9 Å². The van der Waals surface area contributed by atoms with E-state index in [0.717, 1.165) is 18.7 Å². The summed E-state index contributed by atoms with van der Waals surface area (Å²) in [5.41, 5.74) is 1.42. The molecule has 1 unspecified atom stereocenters. The van der Waals surface area contributed by atoms with Gasteiger partial charge < -0.3 is 10.2 Å². The predicted molar refractivity (Wildman–Crippen MR) is 88.0 cm³/mol. The van der Waals surface area contributed by atoms with Gasteiger partial charge in [-0.05, 0) is 37.4 Å². The first-order valence-corrected chi connectivity index (χ1v) is 7.99. The summed E-state index contributed by atoms with van der Waals surface area (Å²) in [5, 5.41) is 5.23. The lowest BCUT2D eigenvalue weighted by Crippen LogP contribution is -2.36. The number of nitrogens with one attached hydrogen (secondary N) is 1. The van der Waals surface area contributed by atoms with Crippen LogP contribution in [0.4, 0.5) is 5.69 Å². The van der Waals surface area contributed by atoms with Gasteiger partial charge in [0.15, 0.2) is 0 Å². The third-order valence-electron chi connectivity index (χ3n) is 3.42. The molecule has 5 heteroatoms. The van der Waals surface area contributed by atoms with E-state index in [9.17, 15) is 4.79 Å². The number of thiophene rings is 1. The zero-order valence-corrected chi connectivity index (χ0v) is 13.5. The fourth-order valence-electron chi connectivity index (χ4n) is 2.07. The lowest BCUT2D eigenvalue weighted by Gasteiger charge is -2.24. The van der Waals surface area contributed by atoms with Crippen molar-refractivity contribution in [2.75, 3.05) is 18.9 Å². The number of carbonyl (C=O) groups excluding carboxylic acids is 1. The summed E-state index contributed by atoms with van der Waals surface area (Å²) in [6.07, 6.45) is 2.57. The molecule has 0 radical (unpaired) electrons. The summed E-state index contributed by atoms with van der Waals surface area (Å²) in [4.78, 5) is 19.7. The average Bonchev–Trinajstić information content (AvgIpc) is 3.00. The highest BCUT2D eigenvalue weighted by molar-refractivity contribution is 7.09. The van der Waals surface area contributed by atoms with Gasteiger partial charge in [0.25, 0.3) is 5.91 Å². The quantitative estimate of drug-likeness (QED) is 0.891. The zero-order chi connectivity index (χ0) is 15.2. The topological polar surface area (TPSA) is 45.2 Å². The molecule has 0 aromatic carbocycles. The number of aromatic nitrogens is 1. The molecule has 1 N–H and O–H groups in total. The van der Waals surface area contributed by atoms with E-state index in [4.69, 9.17) is 0 Å². The van der Waals surface area contributed by atoms with E-state index in [1.54, 1.807) is 28.5 Å². The standard InChI is InChI=1S/C16H21N3OS/c1-4-17-13-7-8-15(18-11-13)16(20)19(3)12(2)10-14-6-5-9-21-14/h5-9,11-12,17H,4,10H2,1-3H3. The summed E-state index contributed by atoms with van der Waals surface area (Å²) in [6, 6.07) is 7.95. The van der Waals surface area contributed by atoms with Crippen LogP contribution in [0.2, 0.25) is 0 Å². The lowest BCUT2D eigenvalue weighted by atomic mass is 10.1. The molecule has 0 saturated heterocycles. The van der Waals surface area contributed by atoms with Crippen LogP contribution in [0.25, 0.3) is 0 Å². The van der Waals surface area contributed by atoms with E-state index < -0.39 is 0 Å². The van der Waals surface area contributed by atoms with Crippen molar-refractivity contribution in [1.29, 1.82) is 0 Å². The van der Waals surface area contributed by atoms with Crippen molar-refractivity contribution in [3.05, 3.63) is 46.4 Å². The van der Waals surface area contributed by atoms with Crippen molar-refractivity contribution >= 4 is 22.9 Å². The summed E-state index contributed by atoms with van der Waals surface area (Å²) >= 11 is 1.72. The van der Waals surface area contributed by atoms with E-state index in [0.29, 0.717) is 5.69 Å². The molecule has 2 rings (SSSR count). The summed E-state index contributed by atoms with van der Waals surface area (Å²) in [6.45, 7) is 4.93. The van der Waals surface area contributed by atoms with E-state index in [1.807, 2.05) is 26.1 Å². The first-order valence-electron chi connectivity index (χ1n) is 7.11. The Morgan fingerprint density at radius 2 is 2.24 bits per heavy atom. The molecule has 0 aliphatic rings. The number of anilines is 1. The van der Waals surface area contributed by atoms with Crippen LogP contribution in [0, 0.1) is 0 Å². The monoisotopic (exact) mass is 303 g/mol. The number of likely N-dealkylation sites (N-methyl/N-ethyl adjacent to an activating group) is 1. The zero-order valence-electron chi connectivity index (χ0n) is 12.7. The highest BCUT2D eigenvalue weighted by Gasteiger charge is 2.19. The van der Waals surface area contributed by atoms with Crippen molar-refractivity contribution in [3.8, 4) is 0 Å². The van der Waals surface area contributed by atoms with Crippen molar-refractivity contribution in [1.82, 2.24) is 9.88 Å². The Bertz CT molecular complexity index is 566. The molecule has 2 heterocycles. The Hall–Kier alpha value is -1.88. The van der Waals surface area contributed by atoms with Crippen LogP contribution in [0.5, 0.6) is 0 Å². The Morgan fingerprint density at radius 3 is 2.81 bits per heavy atom. The third kappa shape index (κ3) is 4.04. The Balaban J connectivity index is 2.00. The molecule has 0 aliphatic carbocycles. The van der Waals surface area contributed by atoms with Gasteiger partial charge in [-0.25, -0.2) is 4.98 Å². The number of pyridine rings is 1. The second-order valence-corrected chi connectivity index (χ2v) is 6.04. The summed E-state index contributed by atoms with van der Waals surface area (Å²) < 4.78 is 0. The number of carbonyl (C=O) groups is 1. The average molecular weight is 303 g/mol. The Morgan fingerprint density at radius 1 is 1.43 bits per heavy atom. The number of hydrogen-bond donors (Lipinski definition) is 1. The van der Waals surface area contributed by atoms with Gasteiger partial charge in [-0.1, -0.05) is 6.07 Å². The molecule has 21 heavy (non-hydrogen) atoms. The normalized spacial score (nSPS) is 12.0. The summed E-state index contributed by atoms with van der Waals surface area (Å²) in [5.74, 6) is -0.0397. The molecular formula is C16H21N3OS. The van der Waals surface area contributed by atoms with Gasteiger partial charge in [-0.15, -0.1) is 11.3 Å². The minimum Gasteiger partial charge on any atom is -0.384 e. The summed E-state index contributed by atoms with van der Waals surface area (Å²) in [7, 11) is 1.83. The molecule has 0 spiro atoms. The minimum absolute atomic E-state index is 0.0397. The molecule has 1 atom stereocenters. The second kappa shape index (κ2) is 7.22. The maximum atomic E-state index is 12.4. The van der Waals surface area contributed by atoms with Crippen LogP contribution in [-0.2, 0) is 6.42 Å². The maximum Gasteiger partial charge on any atom is 0.272 e. The van der Waals surface area contributed by atoms with E-state index in [2.05, 4.69) is 28.7 Å². The van der Waals surface area contributed by atoms with E-state index in [1.165, 1.54) is 4.88 Å².